The van der Waals surface area contributed by atoms with Crippen LogP contribution in [0.4, 0.5) is 4.79 Å². The van der Waals surface area contributed by atoms with Crippen LogP contribution in [0.1, 0.15) is 41.5 Å². The molecular weight excluding hydrogens is 246 g/mol. The van der Waals surface area contributed by atoms with Crippen LogP contribution >= 0.6 is 0 Å². The van der Waals surface area contributed by atoms with E-state index >= 15 is 0 Å². The van der Waals surface area contributed by atoms with E-state index in [4.69, 9.17) is 9.47 Å². The van der Waals surface area contributed by atoms with Gasteiger partial charge in [0.15, 0.2) is 0 Å². The standard InChI is InChI=1S/C14H27NO4/c1-7-18-13(16)12(11(5)6)15(9-10(3)4)14(17)19-8-2/h10-12H,7-9H2,1-6H3/t12-/m0/s1. The third-order valence-corrected chi connectivity index (χ3v) is 2.56. The first-order valence-electron chi connectivity index (χ1n) is 6.95. The summed E-state index contributed by atoms with van der Waals surface area (Å²) in [6, 6.07) is -0.596. The van der Waals surface area contributed by atoms with Gasteiger partial charge in [0.1, 0.15) is 6.04 Å². The van der Waals surface area contributed by atoms with Crippen LogP contribution in [-0.4, -0.2) is 42.8 Å². The molecule has 0 rings (SSSR count). The highest BCUT2D eigenvalue weighted by Gasteiger charge is 2.34. The molecular formula is C14H27NO4. The SMILES string of the molecule is CCOC(=O)[C@H](C(C)C)N(CC(C)C)C(=O)OCC. The Labute approximate surface area is 116 Å². The van der Waals surface area contributed by atoms with E-state index in [0.29, 0.717) is 19.8 Å². The molecule has 0 aliphatic rings. The Morgan fingerprint density at radius 1 is 1.00 bits per heavy atom. The smallest absolute Gasteiger partial charge is 0.410 e. The number of nitrogens with zero attached hydrogens (tertiary/aromatic N) is 1. The molecule has 0 aromatic carbocycles. The van der Waals surface area contributed by atoms with Crippen molar-refractivity contribution in [2.45, 2.75) is 47.6 Å². The average Bonchev–Trinajstić information content (AvgIpc) is 2.27. The molecule has 0 spiro atoms. The van der Waals surface area contributed by atoms with Crippen molar-refractivity contribution < 1.29 is 19.1 Å². The molecule has 0 fully saturated rings. The number of ether oxygens (including phenoxy) is 2. The number of rotatable bonds is 7. The van der Waals surface area contributed by atoms with Crippen LogP contribution in [0.25, 0.3) is 0 Å². The Bertz CT molecular complexity index is 289. The lowest BCUT2D eigenvalue weighted by atomic mass is 10.0. The second-order valence-corrected chi connectivity index (χ2v) is 5.19. The fourth-order valence-electron chi connectivity index (χ4n) is 1.89. The van der Waals surface area contributed by atoms with Crippen LogP contribution in [-0.2, 0) is 14.3 Å². The van der Waals surface area contributed by atoms with Crippen molar-refractivity contribution in [3.63, 3.8) is 0 Å². The van der Waals surface area contributed by atoms with Gasteiger partial charge in [0, 0.05) is 6.54 Å². The molecule has 1 atom stereocenters. The predicted octanol–water partition coefficient (Wildman–Crippen LogP) is 2.69. The summed E-state index contributed by atoms with van der Waals surface area (Å²) >= 11 is 0. The summed E-state index contributed by atoms with van der Waals surface area (Å²) in [6.07, 6.45) is -0.456. The first-order valence-corrected chi connectivity index (χ1v) is 6.95. The molecule has 0 radical (unpaired) electrons. The number of carbonyl (C=O) groups excluding carboxylic acids is 2. The molecule has 0 aromatic rings. The van der Waals surface area contributed by atoms with Gasteiger partial charge in [0.05, 0.1) is 13.2 Å². The maximum absolute atomic E-state index is 12.0. The Kier molecular flexibility index (Phi) is 8.19. The van der Waals surface area contributed by atoms with E-state index in [2.05, 4.69) is 0 Å². The highest BCUT2D eigenvalue weighted by molar-refractivity contribution is 5.81. The molecule has 112 valence electrons. The second kappa shape index (κ2) is 8.77. The van der Waals surface area contributed by atoms with Gasteiger partial charge in [-0.1, -0.05) is 27.7 Å². The maximum Gasteiger partial charge on any atom is 0.410 e. The molecule has 0 N–H and O–H groups in total. The Hall–Kier alpha value is -1.26. The van der Waals surface area contributed by atoms with Gasteiger partial charge < -0.3 is 9.47 Å². The molecule has 5 nitrogen and oxygen atoms in total. The number of amides is 1. The zero-order valence-electron chi connectivity index (χ0n) is 12.9. The topological polar surface area (TPSA) is 55.8 Å². The van der Waals surface area contributed by atoms with Crippen LogP contribution < -0.4 is 0 Å². The number of hydrogen-bond donors (Lipinski definition) is 0. The largest absolute Gasteiger partial charge is 0.464 e. The summed E-state index contributed by atoms with van der Waals surface area (Å²) in [5.74, 6) is -0.145. The average molecular weight is 273 g/mol. The Morgan fingerprint density at radius 2 is 1.53 bits per heavy atom. The van der Waals surface area contributed by atoms with E-state index in [1.165, 1.54) is 4.90 Å². The van der Waals surface area contributed by atoms with E-state index in [9.17, 15) is 9.59 Å². The van der Waals surface area contributed by atoms with Gasteiger partial charge >= 0.3 is 12.1 Å². The molecule has 0 unspecified atom stereocenters. The molecule has 0 saturated heterocycles. The van der Waals surface area contributed by atoms with Crippen LogP contribution in [0.2, 0.25) is 0 Å². The first-order chi connectivity index (χ1) is 8.84. The van der Waals surface area contributed by atoms with Crippen molar-refractivity contribution in [3.8, 4) is 0 Å². The molecule has 1 amide bonds. The van der Waals surface area contributed by atoms with E-state index < -0.39 is 12.1 Å². The molecule has 0 aliphatic carbocycles. The van der Waals surface area contributed by atoms with Crippen molar-refractivity contribution in [1.82, 2.24) is 4.90 Å². The van der Waals surface area contributed by atoms with Gasteiger partial charge in [0.2, 0.25) is 0 Å². The molecule has 19 heavy (non-hydrogen) atoms. The predicted molar refractivity (Wildman–Crippen MR) is 73.8 cm³/mol. The number of hydrogen-bond acceptors (Lipinski definition) is 4. The maximum atomic E-state index is 12.0. The van der Waals surface area contributed by atoms with Crippen molar-refractivity contribution in [2.75, 3.05) is 19.8 Å². The second-order valence-electron chi connectivity index (χ2n) is 5.19. The van der Waals surface area contributed by atoms with Crippen molar-refractivity contribution >= 4 is 12.1 Å². The van der Waals surface area contributed by atoms with Crippen LogP contribution in [0.5, 0.6) is 0 Å². The zero-order chi connectivity index (χ0) is 15.0. The highest BCUT2D eigenvalue weighted by atomic mass is 16.6. The number of esters is 1. The van der Waals surface area contributed by atoms with Crippen molar-refractivity contribution in [2.24, 2.45) is 11.8 Å². The van der Waals surface area contributed by atoms with Crippen molar-refractivity contribution in [1.29, 1.82) is 0 Å². The lowest BCUT2D eigenvalue weighted by molar-refractivity contribution is -0.150. The summed E-state index contributed by atoms with van der Waals surface area (Å²) in [5.41, 5.74) is 0. The van der Waals surface area contributed by atoms with Gasteiger partial charge in [0.25, 0.3) is 0 Å². The van der Waals surface area contributed by atoms with Gasteiger partial charge in [-0.2, -0.15) is 0 Å². The first kappa shape index (κ1) is 17.7. The van der Waals surface area contributed by atoms with Gasteiger partial charge in [-0.3, -0.25) is 4.90 Å². The van der Waals surface area contributed by atoms with Gasteiger partial charge in [-0.05, 0) is 25.7 Å². The van der Waals surface area contributed by atoms with Gasteiger partial charge in [-0.15, -0.1) is 0 Å². The minimum atomic E-state index is -0.596. The summed E-state index contributed by atoms with van der Waals surface area (Å²) in [7, 11) is 0. The third kappa shape index (κ3) is 5.94. The fraction of sp³-hybridized carbons (Fsp3) is 0.857. The third-order valence-electron chi connectivity index (χ3n) is 2.56. The lowest BCUT2D eigenvalue weighted by Gasteiger charge is -2.32. The normalized spacial score (nSPS) is 12.4. The van der Waals surface area contributed by atoms with Gasteiger partial charge in [-0.25, -0.2) is 9.59 Å². The molecule has 0 aliphatic heterocycles. The monoisotopic (exact) mass is 273 g/mol. The summed E-state index contributed by atoms with van der Waals surface area (Å²) in [6.45, 7) is 12.4. The quantitative estimate of drug-likeness (QED) is 0.669. The molecule has 0 saturated carbocycles. The molecule has 0 heterocycles. The summed E-state index contributed by atoms with van der Waals surface area (Å²) in [5, 5.41) is 0. The van der Waals surface area contributed by atoms with E-state index in [1.807, 2.05) is 27.7 Å². The Balaban J connectivity index is 5.12. The van der Waals surface area contributed by atoms with Crippen LogP contribution in [0.15, 0.2) is 0 Å². The minimum absolute atomic E-state index is 0.0257. The van der Waals surface area contributed by atoms with Crippen molar-refractivity contribution in [3.05, 3.63) is 0 Å². The zero-order valence-corrected chi connectivity index (χ0v) is 12.9. The van der Waals surface area contributed by atoms with E-state index in [-0.39, 0.29) is 17.8 Å². The molecule has 0 bridgehead atoms. The summed E-state index contributed by atoms with van der Waals surface area (Å²) in [4.78, 5) is 25.6. The van der Waals surface area contributed by atoms with Crippen LogP contribution in [0.3, 0.4) is 0 Å². The highest BCUT2D eigenvalue weighted by Crippen LogP contribution is 2.16. The van der Waals surface area contributed by atoms with Crippen LogP contribution in [0, 0.1) is 11.8 Å². The lowest BCUT2D eigenvalue weighted by Crippen LogP contribution is -2.50. The van der Waals surface area contributed by atoms with E-state index in [1.54, 1.807) is 13.8 Å². The molecule has 0 aromatic heterocycles. The summed E-state index contributed by atoms with van der Waals surface area (Å²) < 4.78 is 10.1. The Morgan fingerprint density at radius 3 is 1.89 bits per heavy atom. The number of carbonyl (C=O) groups is 2. The van der Waals surface area contributed by atoms with E-state index in [0.717, 1.165) is 0 Å². The minimum Gasteiger partial charge on any atom is -0.464 e. The fourth-order valence-corrected chi connectivity index (χ4v) is 1.89. The molecule has 5 heteroatoms.